The van der Waals surface area contributed by atoms with Crippen molar-refractivity contribution in [1.29, 1.82) is 0 Å². The van der Waals surface area contributed by atoms with E-state index in [4.69, 9.17) is 10.5 Å². The number of amides is 1. The highest BCUT2D eigenvalue weighted by molar-refractivity contribution is 9.10. The maximum atomic E-state index is 12.6. The molecule has 0 aliphatic carbocycles. The highest BCUT2D eigenvalue weighted by Gasteiger charge is 2.22. The quantitative estimate of drug-likeness (QED) is 0.727. The second-order valence-electron chi connectivity index (χ2n) is 5.45. The average molecular weight is 414 g/mol. The van der Waals surface area contributed by atoms with Gasteiger partial charge in [0, 0.05) is 16.6 Å². The Morgan fingerprint density at radius 2 is 1.92 bits per heavy atom. The van der Waals surface area contributed by atoms with Crippen LogP contribution in [0.5, 0.6) is 5.75 Å². The Hall–Kier alpha value is -1.56. The Morgan fingerprint density at radius 1 is 1.21 bits per heavy atom. The molecular formula is C18H22BrClN2O2. The molecule has 3 N–H and O–H groups in total. The fourth-order valence-electron chi connectivity index (χ4n) is 2.03. The van der Waals surface area contributed by atoms with Crippen LogP contribution >= 0.6 is 28.3 Å². The van der Waals surface area contributed by atoms with E-state index in [1.165, 1.54) is 0 Å². The smallest absolute Gasteiger partial charge is 0.265 e. The lowest BCUT2D eigenvalue weighted by atomic mass is 10.1. The normalized spacial score (nSPS) is 12.6. The Labute approximate surface area is 157 Å². The third kappa shape index (κ3) is 6.15. The summed E-state index contributed by atoms with van der Waals surface area (Å²) >= 11 is 3.41. The van der Waals surface area contributed by atoms with Gasteiger partial charge < -0.3 is 15.8 Å². The minimum Gasteiger partial charge on any atom is -0.476 e. The van der Waals surface area contributed by atoms with Crippen LogP contribution in [0.4, 0.5) is 0 Å². The van der Waals surface area contributed by atoms with Crippen molar-refractivity contribution in [3.63, 3.8) is 0 Å². The third-order valence-electron chi connectivity index (χ3n) is 3.42. The molecule has 4 nitrogen and oxygen atoms in total. The molecule has 0 aliphatic rings. The first kappa shape index (κ1) is 20.5. The van der Waals surface area contributed by atoms with Crippen LogP contribution < -0.4 is 15.8 Å². The summed E-state index contributed by atoms with van der Waals surface area (Å²) in [6, 6.07) is 16.9. The molecule has 1 amide bonds. The Balaban J connectivity index is 0.00000288. The van der Waals surface area contributed by atoms with Crippen LogP contribution in [0.25, 0.3) is 0 Å². The second-order valence-corrected chi connectivity index (χ2v) is 6.37. The Morgan fingerprint density at radius 3 is 2.54 bits per heavy atom. The number of rotatable bonds is 7. The van der Waals surface area contributed by atoms with E-state index in [1.54, 1.807) is 0 Å². The first-order valence-electron chi connectivity index (χ1n) is 7.55. The minimum atomic E-state index is -0.699. The molecule has 6 heteroatoms. The molecule has 24 heavy (non-hydrogen) atoms. The van der Waals surface area contributed by atoms with Crippen LogP contribution in [0.2, 0.25) is 0 Å². The first-order chi connectivity index (χ1) is 11.1. The monoisotopic (exact) mass is 412 g/mol. The van der Waals surface area contributed by atoms with Gasteiger partial charge in [-0.25, -0.2) is 0 Å². The van der Waals surface area contributed by atoms with Gasteiger partial charge in [-0.15, -0.1) is 12.4 Å². The highest BCUT2D eigenvalue weighted by Crippen LogP contribution is 2.25. The molecule has 2 atom stereocenters. The summed E-state index contributed by atoms with van der Waals surface area (Å²) in [6.45, 7) is 3.05. The predicted molar refractivity (Wildman–Crippen MR) is 102 cm³/mol. The largest absolute Gasteiger partial charge is 0.476 e. The van der Waals surface area contributed by atoms with Crippen LogP contribution in [0.3, 0.4) is 0 Å². The van der Waals surface area contributed by atoms with Crippen LogP contribution in [0.1, 0.15) is 18.6 Å². The summed E-state index contributed by atoms with van der Waals surface area (Å²) in [7, 11) is 0. The van der Waals surface area contributed by atoms with Gasteiger partial charge in [0.1, 0.15) is 5.75 Å². The van der Waals surface area contributed by atoms with E-state index >= 15 is 0 Å². The van der Waals surface area contributed by atoms with Crippen LogP contribution in [-0.2, 0) is 4.79 Å². The van der Waals surface area contributed by atoms with E-state index in [-0.39, 0.29) is 24.2 Å². The van der Waals surface area contributed by atoms with Crippen LogP contribution in [-0.4, -0.2) is 19.0 Å². The van der Waals surface area contributed by atoms with Gasteiger partial charge in [-0.1, -0.05) is 59.3 Å². The van der Waals surface area contributed by atoms with Crippen molar-refractivity contribution in [3.8, 4) is 5.75 Å². The maximum absolute atomic E-state index is 12.6. The molecule has 2 aromatic rings. The molecule has 0 heterocycles. The van der Waals surface area contributed by atoms with Crippen molar-refractivity contribution in [1.82, 2.24) is 5.32 Å². The lowest BCUT2D eigenvalue weighted by molar-refractivity contribution is -0.128. The lowest BCUT2D eigenvalue weighted by Gasteiger charge is -2.20. The molecule has 2 unspecified atom stereocenters. The van der Waals surface area contributed by atoms with E-state index < -0.39 is 6.10 Å². The van der Waals surface area contributed by atoms with Gasteiger partial charge in [0.15, 0.2) is 0 Å². The molecule has 0 saturated carbocycles. The molecule has 0 spiro atoms. The Kier molecular flexibility index (Phi) is 8.82. The molecule has 2 rings (SSSR count). The van der Waals surface area contributed by atoms with Crippen molar-refractivity contribution in [3.05, 3.63) is 64.6 Å². The summed E-state index contributed by atoms with van der Waals surface area (Å²) in [5, 5.41) is 2.91. The van der Waals surface area contributed by atoms with Crippen LogP contribution in [0.15, 0.2) is 59.1 Å². The van der Waals surface area contributed by atoms with E-state index in [9.17, 15) is 4.79 Å². The number of hydrogen-bond acceptors (Lipinski definition) is 3. The number of halogens is 2. The zero-order valence-electron chi connectivity index (χ0n) is 13.4. The molecule has 0 fully saturated rings. The average Bonchev–Trinajstić information content (AvgIpc) is 2.58. The number of carbonyl (C=O) groups excluding carboxylic acids is 1. The number of hydrogen-bond donors (Lipinski definition) is 2. The van der Waals surface area contributed by atoms with Gasteiger partial charge in [0.25, 0.3) is 5.91 Å². The van der Waals surface area contributed by atoms with E-state index in [0.29, 0.717) is 18.8 Å². The number of carbonyl (C=O) groups is 1. The van der Waals surface area contributed by atoms with E-state index in [0.717, 1.165) is 10.0 Å². The summed E-state index contributed by atoms with van der Waals surface area (Å²) in [5.74, 6) is 0.688. The van der Waals surface area contributed by atoms with Crippen molar-refractivity contribution >= 4 is 34.2 Å². The summed E-state index contributed by atoms with van der Waals surface area (Å²) < 4.78 is 6.84. The van der Waals surface area contributed by atoms with E-state index in [2.05, 4.69) is 21.2 Å². The molecular weight excluding hydrogens is 392 g/mol. The Bertz CT molecular complexity index is 640. The number of ether oxygens (including phenoxy) is 1. The number of nitrogens with two attached hydrogens (primary N) is 1. The molecule has 0 saturated heterocycles. The number of benzene rings is 2. The summed E-state index contributed by atoms with van der Waals surface area (Å²) in [5.41, 5.74) is 6.41. The van der Waals surface area contributed by atoms with Crippen molar-refractivity contribution in [2.24, 2.45) is 11.7 Å². The molecule has 2 aromatic carbocycles. The fourth-order valence-corrected chi connectivity index (χ4v) is 2.41. The maximum Gasteiger partial charge on any atom is 0.265 e. The standard InChI is InChI=1S/C18H21BrN2O2.ClH/c1-13(11-20)12-21-18(22)17(14-6-3-2-4-7-14)23-16-9-5-8-15(19)10-16;/h2-10,13,17H,11-12,20H2,1H3,(H,21,22);1H. The van der Waals surface area contributed by atoms with Gasteiger partial charge in [0.2, 0.25) is 6.10 Å². The van der Waals surface area contributed by atoms with Crippen LogP contribution in [0, 0.1) is 5.92 Å². The summed E-state index contributed by atoms with van der Waals surface area (Å²) in [6.07, 6.45) is -0.699. The summed E-state index contributed by atoms with van der Waals surface area (Å²) in [4.78, 5) is 12.6. The molecule has 0 aromatic heterocycles. The van der Waals surface area contributed by atoms with Crippen molar-refractivity contribution in [2.75, 3.05) is 13.1 Å². The molecule has 130 valence electrons. The fraction of sp³-hybridized carbons (Fsp3) is 0.278. The predicted octanol–water partition coefficient (Wildman–Crippen LogP) is 3.70. The molecule has 0 aliphatic heterocycles. The highest BCUT2D eigenvalue weighted by atomic mass is 79.9. The SMILES string of the molecule is CC(CN)CNC(=O)C(Oc1cccc(Br)c1)c1ccccc1.Cl. The van der Waals surface area contributed by atoms with Crippen molar-refractivity contribution in [2.45, 2.75) is 13.0 Å². The molecule has 0 bridgehead atoms. The lowest BCUT2D eigenvalue weighted by Crippen LogP contribution is -2.36. The topological polar surface area (TPSA) is 64.3 Å². The minimum absolute atomic E-state index is 0. The van der Waals surface area contributed by atoms with E-state index in [1.807, 2.05) is 61.5 Å². The third-order valence-corrected chi connectivity index (χ3v) is 3.91. The van der Waals surface area contributed by atoms with Gasteiger partial charge in [-0.2, -0.15) is 0 Å². The van der Waals surface area contributed by atoms with Crippen molar-refractivity contribution < 1.29 is 9.53 Å². The molecule has 0 radical (unpaired) electrons. The van der Waals surface area contributed by atoms with Gasteiger partial charge in [0.05, 0.1) is 0 Å². The van der Waals surface area contributed by atoms with Gasteiger partial charge >= 0.3 is 0 Å². The van der Waals surface area contributed by atoms with Gasteiger partial charge in [-0.3, -0.25) is 4.79 Å². The zero-order valence-corrected chi connectivity index (χ0v) is 15.8. The second kappa shape index (κ2) is 10.3. The zero-order chi connectivity index (χ0) is 16.7. The number of nitrogens with one attached hydrogen (secondary N) is 1. The van der Waals surface area contributed by atoms with Gasteiger partial charge in [-0.05, 0) is 30.7 Å². The first-order valence-corrected chi connectivity index (χ1v) is 8.34.